The number of carbonyl (C=O) groups is 4. The van der Waals surface area contributed by atoms with Gasteiger partial charge in [-0.05, 0) is 109 Å². The van der Waals surface area contributed by atoms with Gasteiger partial charge in [-0.3, -0.25) is 29.5 Å². The lowest BCUT2D eigenvalue weighted by Gasteiger charge is -2.49. The summed E-state index contributed by atoms with van der Waals surface area (Å²) in [5.74, 6) is -4.70. The Morgan fingerprint density at radius 3 is 2.23 bits per heavy atom. The largest absolute Gasteiger partial charge is 0.504 e. The average Bonchev–Trinajstić information content (AvgIpc) is 3.65. The number of para-hydroxylation sites is 1. The van der Waals surface area contributed by atoms with Crippen LogP contribution >= 0.6 is 23.2 Å². The zero-order valence-electron chi connectivity index (χ0n) is 33.0. The highest BCUT2D eigenvalue weighted by Gasteiger charge is 2.69. The van der Waals surface area contributed by atoms with Crippen LogP contribution in [0.1, 0.15) is 24.0 Å². The van der Waals surface area contributed by atoms with Crippen LogP contribution in [-0.2, 0) is 24.6 Å². The van der Waals surface area contributed by atoms with E-state index in [1.165, 1.54) is 24.1 Å². The second-order valence-corrected chi connectivity index (χ2v) is 16.4. The number of hydrogen-bond acceptors (Lipinski definition) is 9. The second kappa shape index (κ2) is 15.8. The number of imide groups is 2. The Bertz CT molecular complexity index is 2640. The Labute approximate surface area is 362 Å². The molecule has 2 aliphatic heterocycles. The molecule has 0 unspecified atom stereocenters. The summed E-state index contributed by atoms with van der Waals surface area (Å²) in [6.45, 7) is 0. The molecule has 5 aromatic carbocycles. The summed E-state index contributed by atoms with van der Waals surface area (Å²) in [6, 6.07) is 33.6. The number of phenolic OH excluding ortho intramolecular Hbond substituents is 1. The van der Waals surface area contributed by atoms with E-state index >= 15 is 9.59 Å². The van der Waals surface area contributed by atoms with E-state index in [9.17, 15) is 14.7 Å². The smallest absolute Gasteiger partial charge is 0.260 e. The number of carbonyl (C=O) groups excluding carboxylic acids is 4. The summed E-state index contributed by atoms with van der Waals surface area (Å²) in [4.78, 5) is 60.9. The number of allylic oxidation sites excluding steroid dienone is 3. The molecule has 5 aromatic rings. The summed E-state index contributed by atoms with van der Waals surface area (Å²) in [5.41, 5.74) is 5.96. The van der Waals surface area contributed by atoms with Crippen LogP contribution in [-0.4, -0.2) is 48.0 Å². The minimum atomic E-state index is -1.52. The van der Waals surface area contributed by atoms with Crippen LogP contribution in [0.4, 0.5) is 22.7 Å². The van der Waals surface area contributed by atoms with E-state index in [-0.39, 0.29) is 41.2 Å². The SMILES string of the molecule is COc1ccc([C@@]23C(=O)N(Nc4ccc(Cl)cc4Cl)C(=O)[C@@H]2C[C@@H]2C(=CC[C@@H]4C(=O)N(c5ccc(Nc6ccccc6)cc5)C(=O)[C@@H]42)[C@@H]3C=Cc2ccc(O)c(OC)c2)cc1. The zero-order valence-corrected chi connectivity index (χ0v) is 34.6. The molecule has 13 heteroatoms. The molecule has 0 radical (unpaired) electrons. The summed E-state index contributed by atoms with van der Waals surface area (Å²) in [5, 5.41) is 15.3. The highest BCUT2D eigenvalue weighted by Crippen LogP contribution is 2.62. The van der Waals surface area contributed by atoms with E-state index in [2.05, 4.69) is 10.7 Å². The Hall–Kier alpha value is -6.56. The zero-order chi connectivity index (χ0) is 42.6. The van der Waals surface area contributed by atoms with Crippen molar-refractivity contribution in [2.75, 3.05) is 29.9 Å². The highest BCUT2D eigenvalue weighted by molar-refractivity contribution is 6.36. The van der Waals surface area contributed by atoms with Crippen molar-refractivity contribution in [2.24, 2.45) is 29.6 Å². The van der Waals surface area contributed by atoms with Crippen molar-refractivity contribution in [1.82, 2.24) is 5.01 Å². The fourth-order valence-corrected chi connectivity index (χ4v) is 10.2. The maximum Gasteiger partial charge on any atom is 0.260 e. The quantitative estimate of drug-likeness (QED) is 0.0928. The number of nitrogens with zero attached hydrogens (tertiary/aromatic N) is 2. The molecule has 0 spiro atoms. The number of hydrogen-bond donors (Lipinski definition) is 3. The third-order valence-corrected chi connectivity index (χ3v) is 13.1. The lowest BCUT2D eigenvalue weighted by atomic mass is 9.50. The van der Waals surface area contributed by atoms with Gasteiger partial charge < -0.3 is 19.9 Å². The topological polar surface area (TPSA) is 138 Å². The van der Waals surface area contributed by atoms with Crippen molar-refractivity contribution >= 4 is 75.7 Å². The normalized spacial score (nSPS) is 24.3. The van der Waals surface area contributed by atoms with Crippen molar-refractivity contribution < 1.29 is 33.8 Å². The Morgan fingerprint density at radius 1 is 0.787 bits per heavy atom. The fraction of sp³-hybridized carbons (Fsp3) is 0.208. The van der Waals surface area contributed by atoms with Gasteiger partial charge in [-0.15, -0.1) is 0 Å². The van der Waals surface area contributed by atoms with E-state index in [4.69, 9.17) is 32.7 Å². The molecular formula is C48H40Cl2N4O7. The van der Waals surface area contributed by atoms with E-state index < -0.39 is 46.8 Å². The minimum Gasteiger partial charge on any atom is -0.504 e. The van der Waals surface area contributed by atoms with Crippen LogP contribution in [0.3, 0.4) is 0 Å². The van der Waals surface area contributed by atoms with Crippen LogP contribution in [0.15, 0.2) is 133 Å². The molecule has 11 nitrogen and oxygen atoms in total. The van der Waals surface area contributed by atoms with E-state index in [1.807, 2.05) is 60.7 Å². The summed E-state index contributed by atoms with van der Waals surface area (Å²) < 4.78 is 10.9. The Kier molecular flexibility index (Phi) is 10.3. The maximum atomic E-state index is 15.5. The van der Waals surface area contributed by atoms with Crippen molar-refractivity contribution in [3.05, 3.63) is 154 Å². The van der Waals surface area contributed by atoms with Gasteiger partial charge in [0.1, 0.15) is 5.75 Å². The number of fused-ring (bicyclic) bond motifs is 4. The van der Waals surface area contributed by atoms with Gasteiger partial charge in [-0.1, -0.05) is 83.4 Å². The first-order valence-corrected chi connectivity index (χ1v) is 20.6. The van der Waals surface area contributed by atoms with Crippen LogP contribution in [0, 0.1) is 29.6 Å². The number of phenols is 1. The van der Waals surface area contributed by atoms with Gasteiger partial charge in [0.15, 0.2) is 11.5 Å². The first-order chi connectivity index (χ1) is 29.5. The molecule has 6 atom stereocenters. The summed E-state index contributed by atoms with van der Waals surface area (Å²) in [6.07, 6.45) is 6.08. The lowest BCUT2D eigenvalue weighted by Crippen LogP contribution is -2.54. The minimum absolute atomic E-state index is 0.0385. The number of methoxy groups -OCH3 is 2. The van der Waals surface area contributed by atoms with Gasteiger partial charge in [0.05, 0.1) is 53.8 Å². The number of amides is 4. The number of aromatic hydroxyl groups is 1. The van der Waals surface area contributed by atoms with E-state index in [0.717, 1.165) is 22.0 Å². The third kappa shape index (κ3) is 6.68. The third-order valence-electron chi connectivity index (χ3n) is 12.5. The molecule has 61 heavy (non-hydrogen) atoms. The number of anilines is 4. The maximum absolute atomic E-state index is 15.5. The number of nitrogens with one attached hydrogen (secondary N) is 2. The molecule has 2 heterocycles. The number of halogens is 2. The van der Waals surface area contributed by atoms with Crippen molar-refractivity contribution in [1.29, 1.82) is 0 Å². The molecule has 0 bridgehead atoms. The number of ether oxygens (including phenoxy) is 2. The molecule has 4 aliphatic rings. The first kappa shape index (κ1) is 39.9. The van der Waals surface area contributed by atoms with Crippen molar-refractivity contribution in [3.63, 3.8) is 0 Å². The number of rotatable bonds is 10. The molecule has 2 saturated heterocycles. The highest BCUT2D eigenvalue weighted by atomic mass is 35.5. The van der Waals surface area contributed by atoms with Gasteiger partial charge in [0.2, 0.25) is 11.8 Å². The molecule has 1 saturated carbocycles. The molecule has 9 rings (SSSR count). The molecule has 3 N–H and O–H groups in total. The first-order valence-electron chi connectivity index (χ1n) is 19.8. The van der Waals surface area contributed by atoms with Crippen molar-refractivity contribution in [2.45, 2.75) is 18.3 Å². The molecule has 308 valence electrons. The van der Waals surface area contributed by atoms with Crippen LogP contribution in [0.5, 0.6) is 17.2 Å². The van der Waals surface area contributed by atoms with Crippen LogP contribution in [0.25, 0.3) is 6.08 Å². The van der Waals surface area contributed by atoms with Crippen LogP contribution < -0.4 is 25.1 Å². The average molecular weight is 856 g/mol. The molecule has 3 fully saturated rings. The van der Waals surface area contributed by atoms with E-state index in [0.29, 0.717) is 33.3 Å². The van der Waals surface area contributed by atoms with Gasteiger partial charge >= 0.3 is 0 Å². The predicted molar refractivity (Wildman–Crippen MR) is 234 cm³/mol. The molecule has 4 amide bonds. The van der Waals surface area contributed by atoms with Gasteiger partial charge in [-0.25, -0.2) is 0 Å². The molecule has 2 aliphatic carbocycles. The van der Waals surface area contributed by atoms with Crippen molar-refractivity contribution in [3.8, 4) is 17.2 Å². The standard InChI is InChI=1S/C48H40Cl2N4O7/c1-60-33-17-10-28(11-18-33)48-37(21-8-27-9-23-41(55)42(24-27)61-2)34-19-20-35-43(36(34)26-38(48)45(57)54(47(48)59)52-40-22-12-29(49)25-39(40)50)46(58)53(44(35)56)32-15-13-31(14-16-32)51-30-6-4-3-5-7-30/h3-19,21-25,35-38,43,51-52,55H,20,26H2,1-2H3/t35-,36+,37-,38-,43-,48-/m0/s1. The van der Waals surface area contributed by atoms with Gasteiger partial charge in [0.25, 0.3) is 11.8 Å². The van der Waals surface area contributed by atoms with E-state index in [1.54, 1.807) is 67.8 Å². The van der Waals surface area contributed by atoms with Crippen LogP contribution in [0.2, 0.25) is 10.0 Å². The summed E-state index contributed by atoms with van der Waals surface area (Å²) >= 11 is 12.8. The summed E-state index contributed by atoms with van der Waals surface area (Å²) in [7, 11) is 3.00. The number of benzene rings is 5. The molecule has 0 aromatic heterocycles. The van der Waals surface area contributed by atoms with Gasteiger partial charge in [-0.2, -0.15) is 5.01 Å². The lowest BCUT2D eigenvalue weighted by molar-refractivity contribution is -0.139. The Morgan fingerprint density at radius 2 is 1.52 bits per heavy atom. The predicted octanol–water partition coefficient (Wildman–Crippen LogP) is 9.20. The fourth-order valence-electron chi connectivity index (χ4n) is 9.73. The Balaban J connectivity index is 1.15. The second-order valence-electron chi connectivity index (χ2n) is 15.6. The number of hydrazine groups is 1. The van der Waals surface area contributed by atoms with Gasteiger partial charge in [0, 0.05) is 22.3 Å². The monoisotopic (exact) mass is 854 g/mol. The molecular weight excluding hydrogens is 815 g/mol.